The van der Waals surface area contributed by atoms with Crippen molar-refractivity contribution in [2.24, 2.45) is 0 Å². The molecule has 9 heteroatoms. The zero-order valence-electron chi connectivity index (χ0n) is 14.4. The van der Waals surface area contributed by atoms with Gasteiger partial charge in [0, 0.05) is 27.1 Å². The highest BCUT2D eigenvalue weighted by Crippen LogP contribution is 2.23. The Morgan fingerprint density at radius 1 is 1.22 bits per heavy atom. The first-order valence-electron chi connectivity index (χ1n) is 7.85. The molecule has 138 valence electrons. The zero-order chi connectivity index (χ0) is 19.7. The molecular weight excluding hydrogens is 466 g/mol. The number of rotatable bonds is 4. The van der Waals surface area contributed by atoms with E-state index in [1.165, 1.54) is 35.0 Å². The molecule has 0 aliphatic rings. The van der Waals surface area contributed by atoms with Crippen LogP contribution in [0, 0.1) is 33.3 Å². The minimum absolute atomic E-state index is 0.146. The number of non-ortho nitro benzene ring substituents is 1. The van der Waals surface area contributed by atoms with Gasteiger partial charge in [-0.1, -0.05) is 0 Å². The van der Waals surface area contributed by atoms with Gasteiger partial charge < -0.3 is 5.32 Å². The Morgan fingerprint density at radius 2 is 1.96 bits per heavy atom. The molecule has 3 aromatic rings. The Labute approximate surface area is 167 Å². The van der Waals surface area contributed by atoms with Gasteiger partial charge in [0.25, 0.3) is 11.6 Å². The zero-order valence-corrected chi connectivity index (χ0v) is 16.5. The monoisotopic (exact) mass is 480 g/mol. The van der Waals surface area contributed by atoms with E-state index < -0.39 is 16.6 Å². The van der Waals surface area contributed by atoms with Crippen LogP contribution in [0.4, 0.5) is 15.8 Å². The van der Waals surface area contributed by atoms with Gasteiger partial charge in [0.2, 0.25) is 0 Å². The predicted octanol–water partition coefficient (Wildman–Crippen LogP) is 4.39. The molecule has 1 heterocycles. The van der Waals surface area contributed by atoms with Gasteiger partial charge in [-0.05, 0) is 66.8 Å². The fourth-order valence-corrected chi connectivity index (χ4v) is 3.21. The van der Waals surface area contributed by atoms with Gasteiger partial charge in [0.05, 0.1) is 16.2 Å². The maximum atomic E-state index is 14.5. The highest BCUT2D eigenvalue weighted by molar-refractivity contribution is 14.1. The Morgan fingerprint density at radius 3 is 2.56 bits per heavy atom. The van der Waals surface area contributed by atoms with E-state index in [-0.39, 0.29) is 22.6 Å². The standard InChI is InChI=1S/C18H14FIN4O3/c1-10-7-11(2)23(22-10)17-6-3-12(8-15(17)19)21-18(25)14-9-13(24(26)27)4-5-16(14)20/h3-9H,1-2H3,(H,21,25). The molecule has 1 N–H and O–H groups in total. The van der Waals surface area contributed by atoms with Crippen LogP contribution in [-0.2, 0) is 0 Å². The van der Waals surface area contributed by atoms with Gasteiger partial charge in [-0.2, -0.15) is 5.10 Å². The van der Waals surface area contributed by atoms with E-state index in [0.717, 1.165) is 11.4 Å². The van der Waals surface area contributed by atoms with Crippen LogP contribution in [0.25, 0.3) is 5.69 Å². The van der Waals surface area contributed by atoms with Crippen LogP contribution in [0.15, 0.2) is 42.5 Å². The van der Waals surface area contributed by atoms with E-state index in [2.05, 4.69) is 10.4 Å². The Bertz CT molecular complexity index is 1060. The number of amides is 1. The molecule has 0 unspecified atom stereocenters. The smallest absolute Gasteiger partial charge is 0.270 e. The molecule has 1 aromatic heterocycles. The summed E-state index contributed by atoms with van der Waals surface area (Å²) in [5.74, 6) is -1.10. The van der Waals surface area contributed by atoms with Crippen LogP contribution in [0.2, 0.25) is 0 Å². The Kier molecular flexibility index (Phi) is 5.22. The third-order valence-corrected chi connectivity index (χ3v) is 4.79. The Hall–Kier alpha value is -2.82. The van der Waals surface area contributed by atoms with E-state index >= 15 is 0 Å². The van der Waals surface area contributed by atoms with Crippen LogP contribution in [0.3, 0.4) is 0 Å². The lowest BCUT2D eigenvalue weighted by Crippen LogP contribution is -2.14. The summed E-state index contributed by atoms with van der Waals surface area (Å²) in [5, 5.41) is 17.7. The number of nitro groups is 1. The number of anilines is 1. The predicted molar refractivity (Wildman–Crippen MR) is 107 cm³/mol. The summed E-state index contributed by atoms with van der Waals surface area (Å²) in [6.07, 6.45) is 0. The summed E-state index contributed by atoms with van der Waals surface area (Å²) >= 11 is 1.91. The van der Waals surface area contributed by atoms with Gasteiger partial charge in [0.1, 0.15) is 5.69 Å². The third kappa shape index (κ3) is 3.97. The van der Waals surface area contributed by atoms with Gasteiger partial charge in [0.15, 0.2) is 5.82 Å². The van der Waals surface area contributed by atoms with Gasteiger partial charge in [-0.25, -0.2) is 9.07 Å². The molecule has 0 aliphatic carbocycles. The molecule has 3 rings (SSSR count). The van der Waals surface area contributed by atoms with E-state index in [9.17, 15) is 19.3 Å². The number of aryl methyl sites for hydroxylation is 2. The molecule has 2 aromatic carbocycles. The average molecular weight is 480 g/mol. The lowest BCUT2D eigenvalue weighted by Gasteiger charge is -2.10. The summed E-state index contributed by atoms with van der Waals surface area (Å²) in [6, 6.07) is 10.1. The van der Waals surface area contributed by atoms with Crippen molar-refractivity contribution in [3.63, 3.8) is 0 Å². The van der Waals surface area contributed by atoms with Crippen molar-refractivity contribution in [1.82, 2.24) is 9.78 Å². The maximum absolute atomic E-state index is 14.5. The molecule has 0 bridgehead atoms. The number of aromatic nitrogens is 2. The molecule has 0 radical (unpaired) electrons. The van der Waals surface area contributed by atoms with Gasteiger partial charge in [-0.3, -0.25) is 14.9 Å². The highest BCUT2D eigenvalue weighted by atomic mass is 127. The van der Waals surface area contributed by atoms with Crippen LogP contribution < -0.4 is 5.32 Å². The highest BCUT2D eigenvalue weighted by Gasteiger charge is 2.17. The summed E-state index contributed by atoms with van der Waals surface area (Å²) in [4.78, 5) is 22.8. The number of nitrogens with one attached hydrogen (secondary N) is 1. The second-order valence-corrected chi connectivity index (χ2v) is 7.04. The molecule has 0 fully saturated rings. The van der Waals surface area contributed by atoms with Crippen molar-refractivity contribution < 1.29 is 14.1 Å². The second kappa shape index (κ2) is 7.43. The van der Waals surface area contributed by atoms with Crippen molar-refractivity contribution in [3.05, 3.63) is 78.9 Å². The van der Waals surface area contributed by atoms with Crippen LogP contribution in [-0.4, -0.2) is 20.6 Å². The number of carbonyl (C=O) groups is 1. The molecule has 0 saturated heterocycles. The molecular formula is C18H14FIN4O3. The molecule has 7 nitrogen and oxygen atoms in total. The fraction of sp³-hybridized carbons (Fsp3) is 0.111. The van der Waals surface area contributed by atoms with Gasteiger partial charge in [-0.15, -0.1) is 0 Å². The van der Waals surface area contributed by atoms with E-state index in [1.807, 2.05) is 42.5 Å². The normalized spacial score (nSPS) is 10.7. The minimum atomic E-state index is -0.574. The summed E-state index contributed by atoms with van der Waals surface area (Å²) in [7, 11) is 0. The van der Waals surface area contributed by atoms with Crippen LogP contribution >= 0.6 is 22.6 Å². The summed E-state index contributed by atoms with van der Waals surface area (Å²) < 4.78 is 16.6. The average Bonchev–Trinajstić information content (AvgIpc) is 2.93. The van der Waals surface area contributed by atoms with Crippen molar-refractivity contribution >= 4 is 39.9 Å². The molecule has 0 atom stereocenters. The number of nitrogens with zero attached hydrogens (tertiary/aromatic N) is 3. The SMILES string of the molecule is Cc1cc(C)n(-c2ccc(NC(=O)c3cc([N+](=O)[O-])ccc3I)cc2F)n1. The molecule has 27 heavy (non-hydrogen) atoms. The van der Waals surface area contributed by atoms with Crippen molar-refractivity contribution in [2.75, 3.05) is 5.32 Å². The van der Waals surface area contributed by atoms with E-state index in [1.54, 1.807) is 6.07 Å². The van der Waals surface area contributed by atoms with E-state index in [4.69, 9.17) is 0 Å². The number of nitro benzene ring substituents is 1. The Balaban J connectivity index is 1.87. The van der Waals surface area contributed by atoms with Crippen molar-refractivity contribution in [3.8, 4) is 5.69 Å². The second-order valence-electron chi connectivity index (χ2n) is 5.88. The van der Waals surface area contributed by atoms with Gasteiger partial charge >= 0.3 is 0 Å². The molecule has 0 aliphatic heterocycles. The lowest BCUT2D eigenvalue weighted by molar-refractivity contribution is -0.384. The van der Waals surface area contributed by atoms with E-state index in [0.29, 0.717) is 3.57 Å². The molecule has 0 spiro atoms. The number of hydrogen-bond acceptors (Lipinski definition) is 4. The minimum Gasteiger partial charge on any atom is -0.322 e. The van der Waals surface area contributed by atoms with Crippen molar-refractivity contribution in [2.45, 2.75) is 13.8 Å². The maximum Gasteiger partial charge on any atom is 0.270 e. The number of benzene rings is 2. The van der Waals surface area contributed by atoms with Crippen LogP contribution in [0.5, 0.6) is 0 Å². The number of hydrogen-bond donors (Lipinski definition) is 1. The quantitative estimate of drug-likeness (QED) is 0.341. The third-order valence-electron chi connectivity index (χ3n) is 3.85. The number of halogens is 2. The fourth-order valence-electron chi connectivity index (χ4n) is 2.63. The first-order chi connectivity index (χ1) is 12.8. The first kappa shape index (κ1) is 19.0. The summed E-state index contributed by atoms with van der Waals surface area (Å²) in [5.41, 5.74) is 2.02. The van der Waals surface area contributed by atoms with Crippen LogP contribution in [0.1, 0.15) is 21.7 Å². The first-order valence-corrected chi connectivity index (χ1v) is 8.92. The molecule has 1 amide bonds. The largest absolute Gasteiger partial charge is 0.322 e. The summed E-state index contributed by atoms with van der Waals surface area (Å²) in [6.45, 7) is 3.63. The number of carbonyl (C=O) groups excluding carboxylic acids is 1. The molecule has 0 saturated carbocycles. The van der Waals surface area contributed by atoms with Crippen molar-refractivity contribution in [1.29, 1.82) is 0 Å². The lowest BCUT2D eigenvalue weighted by atomic mass is 10.2. The topological polar surface area (TPSA) is 90.1 Å².